The van der Waals surface area contributed by atoms with Crippen molar-refractivity contribution in [3.63, 3.8) is 0 Å². The molecule has 0 aliphatic carbocycles. The summed E-state index contributed by atoms with van der Waals surface area (Å²) >= 11 is 1.90. The molecule has 0 atom stereocenters. The summed E-state index contributed by atoms with van der Waals surface area (Å²) in [5, 5.41) is 7.63. The van der Waals surface area contributed by atoms with E-state index in [1.165, 1.54) is 17.7 Å². The first-order valence-electron chi connectivity index (χ1n) is 5.07. The van der Waals surface area contributed by atoms with Crippen molar-refractivity contribution in [3.8, 4) is 0 Å². The van der Waals surface area contributed by atoms with Crippen LogP contribution in [0.15, 0.2) is 12.4 Å². The van der Waals surface area contributed by atoms with Gasteiger partial charge in [-0.25, -0.2) is 0 Å². The molecule has 1 aromatic heterocycles. The van der Waals surface area contributed by atoms with Crippen molar-refractivity contribution >= 4 is 11.8 Å². The van der Waals surface area contributed by atoms with Gasteiger partial charge in [-0.3, -0.25) is 4.68 Å². The molecular formula is C10H19N3S. The van der Waals surface area contributed by atoms with Crippen LogP contribution in [0.2, 0.25) is 0 Å². The molecule has 0 aliphatic heterocycles. The zero-order chi connectivity index (χ0) is 10.2. The fourth-order valence-corrected chi connectivity index (χ4v) is 1.68. The van der Waals surface area contributed by atoms with Gasteiger partial charge >= 0.3 is 0 Å². The largest absolute Gasteiger partial charge is 0.313 e. The van der Waals surface area contributed by atoms with Crippen LogP contribution in [0.4, 0.5) is 0 Å². The van der Waals surface area contributed by atoms with E-state index in [9.17, 15) is 0 Å². The molecule has 80 valence electrons. The van der Waals surface area contributed by atoms with Crippen molar-refractivity contribution in [1.82, 2.24) is 15.1 Å². The molecule has 1 heterocycles. The number of nitrogens with one attached hydrogen (secondary N) is 1. The van der Waals surface area contributed by atoms with Gasteiger partial charge in [0.2, 0.25) is 0 Å². The van der Waals surface area contributed by atoms with Crippen molar-refractivity contribution in [1.29, 1.82) is 0 Å². The van der Waals surface area contributed by atoms with Crippen LogP contribution in [0.1, 0.15) is 18.9 Å². The monoisotopic (exact) mass is 213 g/mol. The number of hydrogen-bond acceptors (Lipinski definition) is 3. The molecule has 0 fully saturated rings. The van der Waals surface area contributed by atoms with Gasteiger partial charge in [0.15, 0.2) is 0 Å². The van der Waals surface area contributed by atoms with E-state index in [0.717, 1.165) is 19.6 Å². The number of aryl methyl sites for hydroxylation is 1. The number of hydrogen-bond donors (Lipinski definition) is 1. The first-order chi connectivity index (χ1) is 6.86. The molecule has 0 spiro atoms. The van der Waals surface area contributed by atoms with Crippen molar-refractivity contribution in [3.05, 3.63) is 18.0 Å². The molecule has 0 saturated carbocycles. The van der Waals surface area contributed by atoms with Gasteiger partial charge in [-0.15, -0.1) is 0 Å². The minimum Gasteiger partial charge on any atom is -0.313 e. The van der Waals surface area contributed by atoms with Crippen LogP contribution in [-0.2, 0) is 13.1 Å². The normalized spacial score (nSPS) is 10.7. The van der Waals surface area contributed by atoms with Crippen molar-refractivity contribution in [2.75, 3.05) is 18.6 Å². The molecule has 0 unspecified atom stereocenters. The zero-order valence-corrected chi connectivity index (χ0v) is 9.81. The SMILES string of the molecule is CCn1cc(CNCCCSC)cn1. The minimum absolute atomic E-state index is 0.939. The third kappa shape index (κ3) is 4.15. The lowest BCUT2D eigenvalue weighted by Crippen LogP contribution is -2.14. The fourth-order valence-electron chi connectivity index (χ4n) is 1.24. The smallest absolute Gasteiger partial charge is 0.0534 e. The Bertz CT molecular complexity index is 247. The summed E-state index contributed by atoms with van der Waals surface area (Å²) in [5.41, 5.74) is 1.27. The lowest BCUT2D eigenvalue weighted by atomic mass is 10.3. The van der Waals surface area contributed by atoms with Gasteiger partial charge in [0.25, 0.3) is 0 Å². The maximum absolute atomic E-state index is 4.22. The number of thioether (sulfide) groups is 1. The second kappa shape index (κ2) is 6.90. The Labute approximate surface area is 90.3 Å². The van der Waals surface area contributed by atoms with E-state index in [1.807, 2.05) is 22.6 Å². The van der Waals surface area contributed by atoms with Gasteiger partial charge in [-0.1, -0.05) is 0 Å². The van der Waals surface area contributed by atoms with E-state index in [-0.39, 0.29) is 0 Å². The quantitative estimate of drug-likeness (QED) is 0.700. The predicted molar refractivity (Wildman–Crippen MR) is 62.6 cm³/mol. The second-order valence-corrected chi connectivity index (χ2v) is 4.21. The Kier molecular flexibility index (Phi) is 5.71. The van der Waals surface area contributed by atoms with Gasteiger partial charge in [-0.2, -0.15) is 16.9 Å². The summed E-state index contributed by atoms with van der Waals surface area (Å²) in [6.45, 7) is 5.09. The second-order valence-electron chi connectivity index (χ2n) is 3.23. The first-order valence-corrected chi connectivity index (χ1v) is 6.47. The van der Waals surface area contributed by atoms with E-state index in [4.69, 9.17) is 0 Å². The number of aromatic nitrogens is 2. The molecule has 4 heteroatoms. The van der Waals surface area contributed by atoms with Crippen molar-refractivity contribution < 1.29 is 0 Å². The molecule has 1 aromatic rings. The fraction of sp³-hybridized carbons (Fsp3) is 0.700. The van der Waals surface area contributed by atoms with Crippen molar-refractivity contribution in [2.24, 2.45) is 0 Å². The Morgan fingerprint density at radius 1 is 1.57 bits per heavy atom. The summed E-state index contributed by atoms with van der Waals surface area (Å²) in [7, 11) is 0. The van der Waals surface area contributed by atoms with Crippen molar-refractivity contribution in [2.45, 2.75) is 26.4 Å². The van der Waals surface area contributed by atoms with Gasteiger partial charge in [0, 0.05) is 24.8 Å². The van der Waals surface area contributed by atoms with Gasteiger partial charge in [0.05, 0.1) is 6.20 Å². The Hall–Kier alpha value is -0.480. The molecule has 0 amide bonds. The maximum Gasteiger partial charge on any atom is 0.0534 e. The molecule has 0 aromatic carbocycles. The third-order valence-electron chi connectivity index (χ3n) is 2.04. The van der Waals surface area contributed by atoms with Gasteiger partial charge in [0.1, 0.15) is 0 Å². The zero-order valence-electron chi connectivity index (χ0n) is 8.99. The van der Waals surface area contributed by atoms with Gasteiger partial charge < -0.3 is 5.32 Å². The predicted octanol–water partition coefficient (Wildman–Crippen LogP) is 1.75. The van der Waals surface area contributed by atoms with Crippen LogP contribution in [0.25, 0.3) is 0 Å². The topological polar surface area (TPSA) is 29.9 Å². The molecular weight excluding hydrogens is 194 g/mol. The summed E-state index contributed by atoms with van der Waals surface area (Å²) in [6.07, 6.45) is 7.42. The van der Waals surface area contributed by atoms with E-state index in [0.29, 0.717) is 0 Å². The van der Waals surface area contributed by atoms with Crippen LogP contribution < -0.4 is 5.32 Å². The molecule has 0 aliphatic rings. The Morgan fingerprint density at radius 2 is 2.43 bits per heavy atom. The number of rotatable bonds is 7. The molecule has 0 radical (unpaired) electrons. The van der Waals surface area contributed by atoms with Gasteiger partial charge in [-0.05, 0) is 31.9 Å². The summed E-state index contributed by atoms with van der Waals surface area (Å²) < 4.78 is 1.96. The summed E-state index contributed by atoms with van der Waals surface area (Å²) in [4.78, 5) is 0. The lowest BCUT2D eigenvalue weighted by molar-refractivity contribution is 0.654. The molecule has 3 nitrogen and oxygen atoms in total. The molecule has 1 rings (SSSR count). The Balaban J connectivity index is 2.12. The highest BCUT2D eigenvalue weighted by molar-refractivity contribution is 7.98. The summed E-state index contributed by atoms with van der Waals surface area (Å²) in [6, 6.07) is 0. The van der Waals surface area contributed by atoms with E-state index in [2.05, 4.69) is 29.8 Å². The van der Waals surface area contributed by atoms with E-state index in [1.54, 1.807) is 0 Å². The third-order valence-corrected chi connectivity index (χ3v) is 2.74. The molecule has 1 N–H and O–H groups in total. The summed E-state index contributed by atoms with van der Waals surface area (Å²) in [5.74, 6) is 1.24. The average Bonchev–Trinajstić information content (AvgIpc) is 2.65. The standard InChI is InChI=1S/C10H19N3S/c1-3-13-9-10(8-12-13)7-11-5-4-6-14-2/h8-9,11H,3-7H2,1-2H3. The van der Waals surface area contributed by atoms with Crippen LogP contribution in [0.3, 0.4) is 0 Å². The number of nitrogens with zero attached hydrogens (tertiary/aromatic N) is 2. The molecule has 14 heavy (non-hydrogen) atoms. The lowest BCUT2D eigenvalue weighted by Gasteiger charge is -2.01. The Morgan fingerprint density at radius 3 is 3.07 bits per heavy atom. The minimum atomic E-state index is 0.939. The van der Waals surface area contributed by atoms with Crippen LogP contribution >= 0.6 is 11.8 Å². The van der Waals surface area contributed by atoms with E-state index < -0.39 is 0 Å². The van der Waals surface area contributed by atoms with E-state index >= 15 is 0 Å². The maximum atomic E-state index is 4.22. The van der Waals surface area contributed by atoms with Crippen LogP contribution in [-0.4, -0.2) is 28.3 Å². The van der Waals surface area contributed by atoms with Crippen LogP contribution in [0.5, 0.6) is 0 Å². The highest BCUT2D eigenvalue weighted by atomic mass is 32.2. The van der Waals surface area contributed by atoms with Crippen LogP contribution in [0, 0.1) is 0 Å². The molecule has 0 saturated heterocycles. The molecule has 0 bridgehead atoms. The first kappa shape index (κ1) is 11.6. The highest BCUT2D eigenvalue weighted by Crippen LogP contribution is 1.98. The average molecular weight is 213 g/mol. The highest BCUT2D eigenvalue weighted by Gasteiger charge is 1.95.